The second kappa shape index (κ2) is 7.56. The van der Waals surface area contributed by atoms with Crippen LogP contribution < -0.4 is 0 Å². The zero-order valence-corrected chi connectivity index (χ0v) is 13.8. The summed E-state index contributed by atoms with van der Waals surface area (Å²) in [5, 5.41) is 1.96. The van der Waals surface area contributed by atoms with Crippen molar-refractivity contribution in [3.8, 4) is 0 Å². The Morgan fingerprint density at radius 3 is 2.20 bits per heavy atom. The quantitative estimate of drug-likeness (QED) is 0.557. The molecular weight excluding hydrogens is 334 g/mol. The van der Waals surface area contributed by atoms with Gasteiger partial charge in [0.25, 0.3) is 0 Å². The van der Waals surface area contributed by atoms with Gasteiger partial charge in [0.2, 0.25) is 0 Å². The number of hydrogen-bond acceptors (Lipinski definition) is 0. The first-order valence-electron chi connectivity index (χ1n) is 6.33. The van der Waals surface area contributed by atoms with Crippen LogP contribution in [0, 0.1) is 5.92 Å². The van der Waals surface area contributed by atoms with Crippen LogP contribution in [-0.2, 0) is 12.8 Å². The Morgan fingerprint density at radius 2 is 1.55 bits per heavy atom. The maximum atomic E-state index is 6.23. The fourth-order valence-corrected chi connectivity index (χ4v) is 2.89. The SMILES string of the molecule is ClCC(Cc1ccc(Cl)cc1)Cc1cccc(Cl)c1Cl. The average molecular weight is 348 g/mol. The summed E-state index contributed by atoms with van der Waals surface area (Å²) in [6.07, 6.45) is 1.70. The minimum Gasteiger partial charge on any atom is -0.126 e. The Kier molecular flexibility index (Phi) is 6.04. The van der Waals surface area contributed by atoms with Gasteiger partial charge in [-0.15, -0.1) is 11.6 Å². The molecule has 0 saturated heterocycles. The standard InChI is InChI=1S/C16H14Cl4/c17-10-12(8-11-4-6-14(18)7-5-11)9-13-2-1-3-15(19)16(13)20/h1-7,12H,8-10H2. The zero-order valence-electron chi connectivity index (χ0n) is 10.8. The average Bonchev–Trinajstić information content (AvgIpc) is 2.45. The maximum Gasteiger partial charge on any atom is 0.0624 e. The van der Waals surface area contributed by atoms with Gasteiger partial charge < -0.3 is 0 Å². The van der Waals surface area contributed by atoms with Crippen LogP contribution in [0.15, 0.2) is 42.5 Å². The lowest BCUT2D eigenvalue weighted by Crippen LogP contribution is -2.10. The zero-order chi connectivity index (χ0) is 14.5. The summed E-state index contributed by atoms with van der Waals surface area (Å²) in [7, 11) is 0. The van der Waals surface area contributed by atoms with Gasteiger partial charge in [0.1, 0.15) is 0 Å². The summed E-state index contributed by atoms with van der Waals surface area (Å²) >= 11 is 24.2. The van der Waals surface area contributed by atoms with Crippen molar-refractivity contribution in [2.24, 2.45) is 5.92 Å². The molecule has 0 heterocycles. The van der Waals surface area contributed by atoms with Crippen LogP contribution in [0.5, 0.6) is 0 Å². The molecule has 0 radical (unpaired) electrons. The molecule has 0 saturated carbocycles. The lowest BCUT2D eigenvalue weighted by molar-refractivity contribution is 0.584. The molecule has 0 aliphatic heterocycles. The van der Waals surface area contributed by atoms with Crippen LogP contribution in [0.25, 0.3) is 0 Å². The maximum absolute atomic E-state index is 6.23. The van der Waals surface area contributed by atoms with E-state index in [9.17, 15) is 0 Å². The predicted molar refractivity (Wildman–Crippen MR) is 89.5 cm³/mol. The first-order valence-corrected chi connectivity index (χ1v) is 8.00. The molecule has 0 aliphatic carbocycles. The van der Waals surface area contributed by atoms with Gasteiger partial charge in [0.15, 0.2) is 0 Å². The Morgan fingerprint density at radius 1 is 0.850 bits per heavy atom. The molecular formula is C16H14Cl4. The van der Waals surface area contributed by atoms with Crippen molar-refractivity contribution < 1.29 is 0 Å². The third-order valence-electron chi connectivity index (χ3n) is 3.20. The number of benzene rings is 2. The van der Waals surface area contributed by atoms with Crippen molar-refractivity contribution in [3.05, 3.63) is 68.7 Å². The highest BCUT2D eigenvalue weighted by Crippen LogP contribution is 2.28. The van der Waals surface area contributed by atoms with Gasteiger partial charge in [-0.25, -0.2) is 0 Å². The van der Waals surface area contributed by atoms with E-state index in [1.165, 1.54) is 5.56 Å². The first kappa shape index (κ1) is 16.0. The molecule has 1 atom stereocenters. The molecule has 2 aromatic carbocycles. The Hall–Kier alpha value is -0.400. The number of rotatable bonds is 5. The molecule has 4 heteroatoms. The van der Waals surface area contributed by atoms with Crippen LogP contribution in [0.1, 0.15) is 11.1 Å². The molecule has 2 aromatic rings. The normalized spacial score (nSPS) is 12.4. The van der Waals surface area contributed by atoms with Gasteiger partial charge in [-0.2, -0.15) is 0 Å². The predicted octanol–water partition coefficient (Wildman–Crippen LogP) is 6.29. The number of hydrogen-bond donors (Lipinski definition) is 0. The third-order valence-corrected chi connectivity index (χ3v) is 4.74. The van der Waals surface area contributed by atoms with E-state index < -0.39 is 0 Å². The minimum atomic E-state index is 0.314. The van der Waals surface area contributed by atoms with Gasteiger partial charge in [-0.05, 0) is 48.1 Å². The van der Waals surface area contributed by atoms with E-state index in [0.29, 0.717) is 21.8 Å². The van der Waals surface area contributed by atoms with E-state index >= 15 is 0 Å². The molecule has 0 N–H and O–H groups in total. The molecule has 1 unspecified atom stereocenters. The second-order valence-corrected chi connectivity index (χ2v) is 6.30. The van der Waals surface area contributed by atoms with E-state index in [-0.39, 0.29) is 0 Å². The molecule has 0 amide bonds. The number of alkyl halides is 1. The van der Waals surface area contributed by atoms with Crippen molar-refractivity contribution in [1.82, 2.24) is 0 Å². The third kappa shape index (κ3) is 4.30. The van der Waals surface area contributed by atoms with E-state index in [4.69, 9.17) is 46.4 Å². The largest absolute Gasteiger partial charge is 0.126 e. The Balaban J connectivity index is 2.09. The highest BCUT2D eigenvalue weighted by atomic mass is 35.5. The highest BCUT2D eigenvalue weighted by Gasteiger charge is 2.13. The first-order chi connectivity index (χ1) is 9.60. The smallest absolute Gasteiger partial charge is 0.0624 e. The second-order valence-electron chi connectivity index (χ2n) is 4.77. The summed E-state index contributed by atoms with van der Waals surface area (Å²) in [6.45, 7) is 0. The van der Waals surface area contributed by atoms with Crippen LogP contribution in [-0.4, -0.2) is 5.88 Å². The summed E-state index contributed by atoms with van der Waals surface area (Å²) in [4.78, 5) is 0. The highest BCUT2D eigenvalue weighted by molar-refractivity contribution is 6.42. The van der Waals surface area contributed by atoms with Crippen molar-refractivity contribution in [2.45, 2.75) is 12.8 Å². The van der Waals surface area contributed by atoms with Crippen molar-refractivity contribution in [2.75, 3.05) is 5.88 Å². The minimum absolute atomic E-state index is 0.314. The van der Waals surface area contributed by atoms with E-state index in [1.54, 1.807) is 6.07 Å². The summed E-state index contributed by atoms with van der Waals surface area (Å²) in [5.41, 5.74) is 2.26. The fourth-order valence-electron chi connectivity index (χ4n) is 2.15. The van der Waals surface area contributed by atoms with Gasteiger partial charge >= 0.3 is 0 Å². The van der Waals surface area contributed by atoms with Gasteiger partial charge in [-0.1, -0.05) is 59.1 Å². The van der Waals surface area contributed by atoms with E-state index in [0.717, 1.165) is 23.4 Å². The molecule has 0 bridgehead atoms. The van der Waals surface area contributed by atoms with Crippen LogP contribution in [0.3, 0.4) is 0 Å². The van der Waals surface area contributed by atoms with E-state index in [1.807, 2.05) is 36.4 Å². The summed E-state index contributed by atoms with van der Waals surface area (Å²) in [5.74, 6) is 0.889. The lowest BCUT2D eigenvalue weighted by Gasteiger charge is -2.15. The van der Waals surface area contributed by atoms with Crippen LogP contribution in [0.4, 0.5) is 0 Å². The summed E-state index contributed by atoms with van der Waals surface area (Å²) in [6, 6.07) is 13.6. The Labute approximate surface area is 139 Å². The molecule has 2 rings (SSSR count). The topological polar surface area (TPSA) is 0 Å². The molecule has 0 aliphatic rings. The molecule has 106 valence electrons. The van der Waals surface area contributed by atoms with Crippen molar-refractivity contribution >= 4 is 46.4 Å². The van der Waals surface area contributed by atoms with Crippen molar-refractivity contribution in [3.63, 3.8) is 0 Å². The van der Waals surface area contributed by atoms with Crippen LogP contribution >= 0.6 is 46.4 Å². The lowest BCUT2D eigenvalue weighted by atomic mass is 9.94. The molecule has 20 heavy (non-hydrogen) atoms. The van der Waals surface area contributed by atoms with E-state index in [2.05, 4.69) is 0 Å². The molecule has 0 fully saturated rings. The summed E-state index contributed by atoms with van der Waals surface area (Å²) < 4.78 is 0. The van der Waals surface area contributed by atoms with Crippen LogP contribution in [0.2, 0.25) is 15.1 Å². The molecule has 0 nitrogen and oxygen atoms in total. The Bertz CT molecular complexity index is 563. The van der Waals surface area contributed by atoms with Gasteiger partial charge in [-0.3, -0.25) is 0 Å². The van der Waals surface area contributed by atoms with Crippen molar-refractivity contribution in [1.29, 1.82) is 0 Å². The number of halogens is 4. The molecule has 0 aromatic heterocycles. The monoisotopic (exact) mass is 346 g/mol. The van der Waals surface area contributed by atoms with Gasteiger partial charge in [0, 0.05) is 10.9 Å². The van der Waals surface area contributed by atoms with Gasteiger partial charge in [0.05, 0.1) is 10.0 Å². The molecule has 0 spiro atoms. The fraction of sp³-hybridized carbons (Fsp3) is 0.250.